The normalized spacial score (nSPS) is 26.8. The fourth-order valence-corrected chi connectivity index (χ4v) is 2.66. The van der Waals surface area contributed by atoms with Gasteiger partial charge in [-0.1, -0.05) is 6.92 Å². The van der Waals surface area contributed by atoms with Gasteiger partial charge in [-0.3, -0.25) is 9.00 Å². The second-order valence-corrected chi connectivity index (χ2v) is 5.44. The van der Waals surface area contributed by atoms with Crippen molar-refractivity contribution >= 4 is 16.8 Å². The molecule has 0 aromatic heterocycles. The predicted octanol–water partition coefficient (Wildman–Crippen LogP) is 0.162. The van der Waals surface area contributed by atoms with Crippen LogP contribution in [0.3, 0.4) is 0 Å². The van der Waals surface area contributed by atoms with Crippen molar-refractivity contribution in [1.29, 1.82) is 0 Å². The number of aliphatic carboxylic acids is 1. The SMILES string of the molecule is CC(CN1CCCS(=O)CC1)C(=O)O. The minimum Gasteiger partial charge on any atom is -0.481 e. The molecule has 82 valence electrons. The fraction of sp³-hybridized carbons (Fsp3) is 0.889. The first-order valence-corrected chi connectivity index (χ1v) is 6.38. The molecule has 0 aromatic carbocycles. The first kappa shape index (κ1) is 11.7. The molecule has 2 atom stereocenters. The van der Waals surface area contributed by atoms with Crippen LogP contribution in [-0.2, 0) is 15.6 Å². The molecule has 2 unspecified atom stereocenters. The summed E-state index contributed by atoms with van der Waals surface area (Å²) in [7, 11) is -0.693. The highest BCUT2D eigenvalue weighted by Crippen LogP contribution is 2.05. The van der Waals surface area contributed by atoms with Crippen LogP contribution in [0.15, 0.2) is 0 Å². The van der Waals surface area contributed by atoms with Crippen LogP contribution >= 0.6 is 0 Å². The molecule has 4 nitrogen and oxygen atoms in total. The van der Waals surface area contributed by atoms with Crippen LogP contribution in [0.25, 0.3) is 0 Å². The number of carboxylic acid groups (broad SMARTS) is 1. The second kappa shape index (κ2) is 5.46. The van der Waals surface area contributed by atoms with Crippen molar-refractivity contribution in [2.75, 3.05) is 31.1 Å². The lowest BCUT2D eigenvalue weighted by molar-refractivity contribution is -0.141. The summed E-state index contributed by atoms with van der Waals surface area (Å²) in [5, 5.41) is 8.75. The Bertz CT molecular complexity index is 232. The van der Waals surface area contributed by atoms with Gasteiger partial charge in [0.15, 0.2) is 0 Å². The number of hydrogen-bond acceptors (Lipinski definition) is 3. The Morgan fingerprint density at radius 2 is 2.21 bits per heavy atom. The monoisotopic (exact) mass is 219 g/mol. The van der Waals surface area contributed by atoms with Gasteiger partial charge in [-0.15, -0.1) is 0 Å². The molecule has 1 aliphatic heterocycles. The van der Waals surface area contributed by atoms with Crippen LogP contribution in [0.2, 0.25) is 0 Å². The van der Waals surface area contributed by atoms with Crippen molar-refractivity contribution in [2.24, 2.45) is 5.92 Å². The summed E-state index contributed by atoms with van der Waals surface area (Å²) < 4.78 is 11.2. The second-order valence-electron chi connectivity index (χ2n) is 3.74. The summed E-state index contributed by atoms with van der Waals surface area (Å²) in [6, 6.07) is 0. The number of rotatable bonds is 3. The zero-order valence-corrected chi connectivity index (χ0v) is 9.26. The molecule has 0 spiro atoms. The van der Waals surface area contributed by atoms with Gasteiger partial charge in [-0.05, 0) is 13.0 Å². The molecule has 1 heterocycles. The van der Waals surface area contributed by atoms with Crippen LogP contribution in [0.5, 0.6) is 0 Å². The van der Waals surface area contributed by atoms with E-state index in [0.717, 1.165) is 25.3 Å². The van der Waals surface area contributed by atoms with Gasteiger partial charge in [0.25, 0.3) is 0 Å². The Kier molecular flexibility index (Phi) is 4.54. The van der Waals surface area contributed by atoms with Gasteiger partial charge in [0.1, 0.15) is 0 Å². The Morgan fingerprint density at radius 1 is 1.50 bits per heavy atom. The third-order valence-corrected chi connectivity index (χ3v) is 3.82. The zero-order valence-electron chi connectivity index (χ0n) is 8.44. The van der Waals surface area contributed by atoms with Gasteiger partial charge < -0.3 is 10.0 Å². The van der Waals surface area contributed by atoms with Crippen molar-refractivity contribution < 1.29 is 14.1 Å². The van der Waals surface area contributed by atoms with Crippen LogP contribution in [0.1, 0.15) is 13.3 Å². The van der Waals surface area contributed by atoms with Crippen molar-refractivity contribution in [3.05, 3.63) is 0 Å². The van der Waals surface area contributed by atoms with E-state index in [1.165, 1.54) is 0 Å². The van der Waals surface area contributed by atoms with E-state index in [9.17, 15) is 9.00 Å². The van der Waals surface area contributed by atoms with Crippen molar-refractivity contribution in [2.45, 2.75) is 13.3 Å². The maximum absolute atomic E-state index is 11.2. The number of carboxylic acids is 1. The van der Waals surface area contributed by atoms with Gasteiger partial charge >= 0.3 is 5.97 Å². The van der Waals surface area contributed by atoms with Crippen LogP contribution in [0.4, 0.5) is 0 Å². The van der Waals surface area contributed by atoms with E-state index < -0.39 is 16.8 Å². The van der Waals surface area contributed by atoms with Gasteiger partial charge in [-0.25, -0.2) is 0 Å². The summed E-state index contributed by atoms with van der Waals surface area (Å²) in [6.07, 6.45) is 0.916. The Labute approximate surface area is 86.7 Å². The minimum absolute atomic E-state index is 0.332. The Morgan fingerprint density at radius 3 is 2.86 bits per heavy atom. The first-order valence-electron chi connectivity index (χ1n) is 4.89. The summed E-state index contributed by atoms with van der Waals surface area (Å²) in [5.74, 6) is 0.363. The summed E-state index contributed by atoms with van der Waals surface area (Å²) >= 11 is 0. The first-order chi connectivity index (χ1) is 6.59. The molecule has 0 saturated carbocycles. The Hall–Kier alpha value is -0.420. The summed E-state index contributed by atoms with van der Waals surface area (Å²) in [4.78, 5) is 12.7. The minimum atomic E-state index is -0.754. The maximum Gasteiger partial charge on any atom is 0.307 e. The average Bonchev–Trinajstić information content (AvgIpc) is 2.31. The molecule has 0 radical (unpaired) electrons. The van der Waals surface area contributed by atoms with E-state index in [-0.39, 0.29) is 5.92 Å². The molecule has 0 amide bonds. The molecule has 1 aliphatic rings. The van der Waals surface area contributed by atoms with Crippen molar-refractivity contribution in [1.82, 2.24) is 4.90 Å². The van der Waals surface area contributed by atoms with Crippen molar-refractivity contribution in [3.8, 4) is 0 Å². The van der Waals surface area contributed by atoms with E-state index in [1.54, 1.807) is 6.92 Å². The molecule has 1 rings (SSSR count). The molecule has 0 aromatic rings. The summed E-state index contributed by atoms with van der Waals surface area (Å²) in [6.45, 7) is 3.93. The number of nitrogens with zero attached hydrogens (tertiary/aromatic N) is 1. The van der Waals surface area contributed by atoms with Crippen LogP contribution in [-0.4, -0.2) is 51.3 Å². The lowest BCUT2D eigenvalue weighted by Gasteiger charge is -2.21. The van der Waals surface area contributed by atoms with Gasteiger partial charge in [-0.2, -0.15) is 0 Å². The molecule has 5 heteroatoms. The smallest absolute Gasteiger partial charge is 0.307 e. The van der Waals surface area contributed by atoms with E-state index in [4.69, 9.17) is 5.11 Å². The lowest BCUT2D eigenvalue weighted by Crippen LogP contribution is -2.33. The van der Waals surface area contributed by atoms with E-state index in [0.29, 0.717) is 12.3 Å². The molecule has 0 bridgehead atoms. The number of carbonyl (C=O) groups is 1. The van der Waals surface area contributed by atoms with Gasteiger partial charge in [0.2, 0.25) is 0 Å². The molecule has 14 heavy (non-hydrogen) atoms. The third-order valence-electron chi connectivity index (χ3n) is 2.44. The highest BCUT2D eigenvalue weighted by atomic mass is 32.2. The quantitative estimate of drug-likeness (QED) is 0.734. The molecule has 1 N–H and O–H groups in total. The molecule has 1 saturated heterocycles. The number of hydrogen-bond donors (Lipinski definition) is 1. The molecule has 1 fully saturated rings. The molecular formula is C9H17NO3S. The predicted molar refractivity (Wildman–Crippen MR) is 55.7 cm³/mol. The largest absolute Gasteiger partial charge is 0.481 e. The van der Waals surface area contributed by atoms with E-state index >= 15 is 0 Å². The highest BCUT2D eigenvalue weighted by molar-refractivity contribution is 7.85. The van der Waals surface area contributed by atoms with E-state index in [2.05, 4.69) is 4.90 Å². The van der Waals surface area contributed by atoms with Gasteiger partial charge in [0.05, 0.1) is 5.92 Å². The highest BCUT2D eigenvalue weighted by Gasteiger charge is 2.18. The average molecular weight is 219 g/mol. The fourth-order valence-electron chi connectivity index (χ4n) is 1.54. The maximum atomic E-state index is 11.2. The standard InChI is InChI=1S/C9H17NO3S/c1-8(9(11)12)7-10-3-2-5-14(13)6-4-10/h8H,2-7H2,1H3,(H,11,12). The topological polar surface area (TPSA) is 57.6 Å². The van der Waals surface area contributed by atoms with Crippen molar-refractivity contribution in [3.63, 3.8) is 0 Å². The molecule has 0 aliphatic carbocycles. The Balaban J connectivity index is 2.37. The molecular weight excluding hydrogens is 202 g/mol. The zero-order chi connectivity index (χ0) is 10.6. The van der Waals surface area contributed by atoms with Crippen LogP contribution < -0.4 is 0 Å². The third kappa shape index (κ3) is 3.75. The van der Waals surface area contributed by atoms with Crippen LogP contribution in [0, 0.1) is 5.92 Å². The summed E-state index contributed by atoms with van der Waals surface area (Å²) in [5.41, 5.74) is 0. The van der Waals surface area contributed by atoms with Gasteiger partial charge in [0, 0.05) is 35.4 Å². The lowest BCUT2D eigenvalue weighted by atomic mass is 10.1. The van der Waals surface area contributed by atoms with E-state index in [1.807, 2.05) is 0 Å².